The van der Waals surface area contributed by atoms with Crippen molar-refractivity contribution in [1.29, 1.82) is 0 Å². The Hall–Kier alpha value is -2.55. The number of hydrogen-bond donors (Lipinski definition) is 2. The molecule has 0 saturated carbocycles. The second-order valence-corrected chi connectivity index (χ2v) is 4.54. The van der Waals surface area contributed by atoms with Gasteiger partial charge in [-0.2, -0.15) is 0 Å². The van der Waals surface area contributed by atoms with E-state index in [1.807, 2.05) is 48.5 Å². The van der Waals surface area contributed by atoms with Gasteiger partial charge < -0.3 is 10.2 Å². The Balaban J connectivity index is 2.06. The Kier molecular flexibility index (Phi) is 4.56. The third-order valence-electron chi connectivity index (χ3n) is 2.96. The number of carbonyl (C=O) groups excluding carboxylic acids is 1. The Morgan fingerprint density at radius 3 is 1.70 bits per heavy atom. The average molecular weight is 268 g/mol. The Labute approximate surface area is 117 Å². The van der Waals surface area contributed by atoms with Gasteiger partial charge in [-0.1, -0.05) is 60.7 Å². The maximum absolute atomic E-state index is 11.9. The van der Waals surface area contributed by atoms with Gasteiger partial charge in [0, 0.05) is 12.8 Å². The van der Waals surface area contributed by atoms with Crippen LogP contribution in [0.15, 0.2) is 72.2 Å². The first kappa shape index (κ1) is 13.9. The van der Waals surface area contributed by atoms with Crippen LogP contribution in [0.4, 0.5) is 0 Å². The van der Waals surface area contributed by atoms with Crippen LogP contribution in [0.1, 0.15) is 11.1 Å². The van der Waals surface area contributed by atoms with Gasteiger partial charge in [0.05, 0.1) is 0 Å². The van der Waals surface area contributed by atoms with Crippen molar-refractivity contribution < 1.29 is 15.0 Å². The maximum atomic E-state index is 11.9. The van der Waals surface area contributed by atoms with Crippen LogP contribution >= 0.6 is 0 Å². The van der Waals surface area contributed by atoms with Crippen LogP contribution in [0, 0.1) is 0 Å². The molecule has 2 aromatic carbocycles. The molecule has 3 nitrogen and oxygen atoms in total. The van der Waals surface area contributed by atoms with Gasteiger partial charge in [-0.25, -0.2) is 0 Å². The molecule has 2 aromatic rings. The summed E-state index contributed by atoms with van der Waals surface area (Å²) in [5.74, 6) is -1.33. The predicted molar refractivity (Wildman–Crippen MR) is 77.6 cm³/mol. The summed E-state index contributed by atoms with van der Waals surface area (Å²) in [4.78, 5) is 11.9. The minimum absolute atomic E-state index is 0.0749. The zero-order valence-corrected chi connectivity index (χ0v) is 11.0. The van der Waals surface area contributed by atoms with Crippen LogP contribution in [0.3, 0.4) is 0 Å². The lowest BCUT2D eigenvalue weighted by Crippen LogP contribution is -2.10. The van der Waals surface area contributed by atoms with Gasteiger partial charge >= 0.3 is 0 Å². The first-order chi connectivity index (χ1) is 9.66. The molecule has 0 spiro atoms. The first-order valence-electron chi connectivity index (χ1n) is 6.39. The molecule has 0 amide bonds. The number of benzene rings is 2. The number of hydrogen-bond acceptors (Lipinski definition) is 3. The molecule has 2 N–H and O–H groups in total. The quantitative estimate of drug-likeness (QED) is 0.645. The number of ketones is 1. The fourth-order valence-electron chi connectivity index (χ4n) is 1.90. The molecule has 20 heavy (non-hydrogen) atoms. The average Bonchev–Trinajstić information content (AvgIpc) is 2.48. The Bertz CT molecular complexity index is 601. The second kappa shape index (κ2) is 6.57. The molecule has 3 heteroatoms. The van der Waals surface area contributed by atoms with Crippen molar-refractivity contribution in [3.05, 3.63) is 83.3 Å². The second-order valence-electron chi connectivity index (χ2n) is 4.54. The highest BCUT2D eigenvalue weighted by molar-refractivity contribution is 5.95. The Morgan fingerprint density at radius 1 is 0.750 bits per heavy atom. The van der Waals surface area contributed by atoms with Crippen molar-refractivity contribution in [3.63, 3.8) is 0 Å². The summed E-state index contributed by atoms with van der Waals surface area (Å²) in [6.07, 6.45) is 0.221. The van der Waals surface area contributed by atoms with Crippen LogP contribution in [-0.2, 0) is 17.6 Å². The molecule has 0 unspecified atom stereocenters. The summed E-state index contributed by atoms with van der Waals surface area (Å²) in [7, 11) is 0. The number of aliphatic hydroxyl groups excluding tert-OH is 2. The van der Waals surface area contributed by atoms with E-state index in [0.717, 1.165) is 11.1 Å². The molecule has 2 rings (SSSR count). The molecule has 0 saturated heterocycles. The van der Waals surface area contributed by atoms with Gasteiger partial charge in [0.15, 0.2) is 5.76 Å². The van der Waals surface area contributed by atoms with E-state index in [1.54, 1.807) is 12.1 Å². The summed E-state index contributed by atoms with van der Waals surface area (Å²) >= 11 is 0. The van der Waals surface area contributed by atoms with Crippen LogP contribution in [0.5, 0.6) is 0 Å². The minimum Gasteiger partial charge on any atom is -0.508 e. The van der Waals surface area contributed by atoms with Crippen molar-refractivity contribution in [2.45, 2.75) is 12.8 Å². The molecule has 0 heterocycles. The molecule has 0 fully saturated rings. The largest absolute Gasteiger partial charge is 0.508 e. The van der Waals surface area contributed by atoms with Gasteiger partial charge in [0.25, 0.3) is 0 Å². The zero-order valence-electron chi connectivity index (χ0n) is 11.0. The van der Waals surface area contributed by atoms with Crippen LogP contribution in [0.25, 0.3) is 0 Å². The summed E-state index contributed by atoms with van der Waals surface area (Å²) < 4.78 is 0. The summed E-state index contributed by atoms with van der Waals surface area (Å²) in [5, 5.41) is 19.6. The lowest BCUT2D eigenvalue weighted by molar-refractivity contribution is -0.117. The van der Waals surface area contributed by atoms with E-state index in [0.29, 0.717) is 0 Å². The van der Waals surface area contributed by atoms with E-state index >= 15 is 0 Å². The van der Waals surface area contributed by atoms with E-state index in [1.165, 1.54) is 0 Å². The molecule has 0 aliphatic carbocycles. The van der Waals surface area contributed by atoms with E-state index in [9.17, 15) is 15.0 Å². The standard InChI is InChI=1S/C17H16O3/c18-15(11-13-7-3-1-4-8-13)17(20)16(19)12-14-9-5-2-6-10-14/h1-10,18,20H,11-12H2. The van der Waals surface area contributed by atoms with E-state index in [-0.39, 0.29) is 18.6 Å². The Morgan fingerprint density at radius 2 is 1.20 bits per heavy atom. The molecule has 0 aromatic heterocycles. The van der Waals surface area contributed by atoms with E-state index < -0.39 is 11.5 Å². The predicted octanol–water partition coefficient (Wildman–Crippen LogP) is 3.37. The van der Waals surface area contributed by atoms with Crippen molar-refractivity contribution in [3.8, 4) is 0 Å². The highest BCUT2D eigenvalue weighted by Crippen LogP contribution is 2.11. The van der Waals surface area contributed by atoms with Crippen molar-refractivity contribution in [2.75, 3.05) is 0 Å². The topological polar surface area (TPSA) is 57.5 Å². The number of allylic oxidation sites excluding steroid dienone is 2. The van der Waals surface area contributed by atoms with Gasteiger partial charge in [-0.05, 0) is 11.1 Å². The fraction of sp³-hybridized carbons (Fsp3) is 0.118. The highest BCUT2D eigenvalue weighted by Gasteiger charge is 2.14. The maximum Gasteiger partial charge on any atom is 0.205 e. The SMILES string of the molecule is O=C(Cc1ccccc1)C(O)=C(O)Cc1ccccc1. The van der Waals surface area contributed by atoms with Gasteiger partial charge in [-0.3, -0.25) is 4.79 Å². The molecule has 0 bridgehead atoms. The molecule has 0 radical (unpaired) electrons. The molecule has 0 aliphatic heterocycles. The van der Waals surface area contributed by atoms with E-state index in [4.69, 9.17) is 0 Å². The summed E-state index contributed by atoms with van der Waals surface area (Å²) in [5.41, 5.74) is 1.64. The molecule has 102 valence electrons. The summed E-state index contributed by atoms with van der Waals surface area (Å²) in [6.45, 7) is 0. The van der Waals surface area contributed by atoms with Crippen LogP contribution in [-0.4, -0.2) is 16.0 Å². The molecular formula is C17H16O3. The van der Waals surface area contributed by atoms with E-state index in [2.05, 4.69) is 0 Å². The number of aliphatic hydroxyl groups is 2. The van der Waals surface area contributed by atoms with Crippen LogP contribution in [0.2, 0.25) is 0 Å². The third-order valence-corrected chi connectivity index (χ3v) is 2.96. The van der Waals surface area contributed by atoms with Gasteiger partial charge in [0.1, 0.15) is 5.76 Å². The first-order valence-corrected chi connectivity index (χ1v) is 6.39. The lowest BCUT2D eigenvalue weighted by Gasteiger charge is -2.05. The number of Topliss-reactive ketones (excluding diaryl/α,β-unsaturated/α-hetero) is 1. The zero-order chi connectivity index (χ0) is 14.4. The third kappa shape index (κ3) is 3.72. The summed E-state index contributed by atoms with van der Waals surface area (Å²) in [6, 6.07) is 18.3. The fourth-order valence-corrected chi connectivity index (χ4v) is 1.90. The normalized spacial score (nSPS) is 11.8. The minimum atomic E-state index is -0.558. The van der Waals surface area contributed by atoms with Crippen LogP contribution < -0.4 is 0 Å². The molecular weight excluding hydrogens is 252 g/mol. The van der Waals surface area contributed by atoms with Crippen molar-refractivity contribution in [2.24, 2.45) is 0 Å². The molecule has 0 aliphatic rings. The van der Waals surface area contributed by atoms with Gasteiger partial charge in [-0.15, -0.1) is 0 Å². The monoisotopic (exact) mass is 268 g/mol. The lowest BCUT2D eigenvalue weighted by atomic mass is 10.1. The molecule has 0 atom stereocenters. The van der Waals surface area contributed by atoms with Gasteiger partial charge in [0.2, 0.25) is 5.78 Å². The smallest absolute Gasteiger partial charge is 0.205 e. The number of rotatable bonds is 5. The van der Waals surface area contributed by atoms with Crippen molar-refractivity contribution >= 4 is 5.78 Å². The highest BCUT2D eigenvalue weighted by atomic mass is 16.3. The van der Waals surface area contributed by atoms with Crippen molar-refractivity contribution in [1.82, 2.24) is 0 Å². The number of carbonyl (C=O) groups is 1.